The van der Waals surface area contributed by atoms with E-state index < -0.39 is 0 Å². The molecule has 2 rings (SSSR count). The van der Waals surface area contributed by atoms with Crippen LogP contribution in [0.5, 0.6) is 0 Å². The molecular weight excluding hydrogens is 192 g/mol. The summed E-state index contributed by atoms with van der Waals surface area (Å²) in [7, 11) is 0. The third-order valence-corrected chi connectivity index (χ3v) is 2.81. The van der Waals surface area contributed by atoms with Gasteiger partial charge < -0.3 is 14.6 Å². The number of nitrogens with one attached hydrogen (secondary N) is 1. The molecule has 1 aromatic rings. The highest BCUT2D eigenvalue weighted by Gasteiger charge is 2.23. The smallest absolute Gasteiger partial charge is 0.219 e. The Balaban J connectivity index is 1.75. The van der Waals surface area contributed by atoms with Gasteiger partial charge >= 0.3 is 0 Å². The van der Waals surface area contributed by atoms with Crippen LogP contribution in [0, 0.1) is 0 Å². The van der Waals surface area contributed by atoms with Gasteiger partial charge in [-0.2, -0.15) is 0 Å². The average Bonchev–Trinajstić information content (AvgIpc) is 2.86. The minimum atomic E-state index is 0.169. The van der Waals surface area contributed by atoms with Gasteiger partial charge in [0.05, 0.1) is 12.5 Å². The van der Waals surface area contributed by atoms with Crippen LogP contribution >= 0.6 is 0 Å². The van der Waals surface area contributed by atoms with Gasteiger partial charge in [0.25, 0.3) is 0 Å². The Morgan fingerprint density at radius 2 is 2.60 bits per heavy atom. The summed E-state index contributed by atoms with van der Waals surface area (Å²) >= 11 is 0. The Kier molecular flexibility index (Phi) is 3.06. The van der Waals surface area contributed by atoms with Crippen LogP contribution in [0.25, 0.3) is 0 Å². The molecule has 1 saturated heterocycles. The molecule has 2 heterocycles. The molecule has 1 aliphatic heterocycles. The quantitative estimate of drug-likeness (QED) is 0.805. The molecule has 1 N–H and O–H groups in total. The fourth-order valence-electron chi connectivity index (χ4n) is 1.87. The standard InChI is InChI=1S/C11H16N2O2/c1-9(14)13-4-2-11(7-13)12-6-10-3-5-15-8-10/h3,5,8,11-12H,2,4,6-7H2,1H3/t11-/m0/s1. The SMILES string of the molecule is CC(=O)N1CC[C@H](NCc2ccoc2)C1. The fourth-order valence-corrected chi connectivity index (χ4v) is 1.87. The van der Waals surface area contributed by atoms with E-state index in [1.165, 1.54) is 0 Å². The van der Waals surface area contributed by atoms with Gasteiger partial charge in [0.1, 0.15) is 0 Å². The van der Waals surface area contributed by atoms with E-state index in [9.17, 15) is 4.79 Å². The molecule has 0 unspecified atom stereocenters. The maximum atomic E-state index is 11.1. The Morgan fingerprint density at radius 1 is 1.73 bits per heavy atom. The van der Waals surface area contributed by atoms with Gasteiger partial charge in [-0.1, -0.05) is 0 Å². The highest BCUT2D eigenvalue weighted by atomic mass is 16.3. The van der Waals surface area contributed by atoms with Crippen molar-refractivity contribution >= 4 is 5.91 Å². The second-order valence-electron chi connectivity index (χ2n) is 3.96. The van der Waals surface area contributed by atoms with Crippen molar-refractivity contribution in [3.05, 3.63) is 24.2 Å². The largest absolute Gasteiger partial charge is 0.472 e. The third-order valence-electron chi connectivity index (χ3n) is 2.81. The minimum absolute atomic E-state index is 0.169. The average molecular weight is 208 g/mol. The van der Waals surface area contributed by atoms with Crippen molar-refractivity contribution in [3.8, 4) is 0 Å². The third kappa shape index (κ3) is 2.59. The maximum Gasteiger partial charge on any atom is 0.219 e. The lowest BCUT2D eigenvalue weighted by atomic mass is 10.2. The van der Waals surface area contributed by atoms with Gasteiger partial charge in [-0.3, -0.25) is 4.79 Å². The summed E-state index contributed by atoms with van der Waals surface area (Å²) < 4.78 is 4.98. The van der Waals surface area contributed by atoms with Crippen molar-refractivity contribution in [3.63, 3.8) is 0 Å². The number of carbonyl (C=O) groups is 1. The number of amides is 1. The second kappa shape index (κ2) is 4.49. The monoisotopic (exact) mass is 208 g/mol. The number of likely N-dealkylation sites (tertiary alicyclic amines) is 1. The molecule has 0 aromatic carbocycles. The molecule has 4 heteroatoms. The zero-order valence-corrected chi connectivity index (χ0v) is 8.90. The fraction of sp³-hybridized carbons (Fsp3) is 0.545. The number of furan rings is 1. The van der Waals surface area contributed by atoms with E-state index in [1.54, 1.807) is 19.5 Å². The summed E-state index contributed by atoms with van der Waals surface area (Å²) in [6.45, 7) is 4.14. The number of nitrogens with zero attached hydrogens (tertiary/aromatic N) is 1. The minimum Gasteiger partial charge on any atom is -0.472 e. The van der Waals surface area contributed by atoms with Crippen LogP contribution in [0.2, 0.25) is 0 Å². The first-order valence-electron chi connectivity index (χ1n) is 5.25. The molecule has 0 bridgehead atoms. The topological polar surface area (TPSA) is 45.5 Å². The van der Waals surface area contributed by atoms with E-state index >= 15 is 0 Å². The normalized spacial score (nSPS) is 20.9. The number of hydrogen-bond donors (Lipinski definition) is 1. The predicted molar refractivity (Wildman–Crippen MR) is 56.2 cm³/mol. The van der Waals surface area contributed by atoms with Gasteiger partial charge in [-0.15, -0.1) is 0 Å². The Bertz CT molecular complexity index is 321. The number of carbonyl (C=O) groups excluding carboxylic acids is 1. The second-order valence-corrected chi connectivity index (χ2v) is 3.96. The van der Waals surface area contributed by atoms with Crippen molar-refractivity contribution in [1.29, 1.82) is 0 Å². The van der Waals surface area contributed by atoms with E-state index in [1.807, 2.05) is 11.0 Å². The number of rotatable bonds is 3. The van der Waals surface area contributed by atoms with Gasteiger partial charge in [0.15, 0.2) is 0 Å². The molecule has 0 saturated carbocycles. The van der Waals surface area contributed by atoms with Crippen LogP contribution in [0.1, 0.15) is 18.9 Å². The molecule has 1 amide bonds. The van der Waals surface area contributed by atoms with Crippen molar-refractivity contribution in [2.45, 2.75) is 25.9 Å². The Hall–Kier alpha value is -1.29. The molecule has 1 aromatic heterocycles. The van der Waals surface area contributed by atoms with Crippen LogP contribution < -0.4 is 5.32 Å². The van der Waals surface area contributed by atoms with Crippen molar-refractivity contribution < 1.29 is 9.21 Å². The summed E-state index contributed by atoms with van der Waals surface area (Å²) in [5.41, 5.74) is 1.15. The summed E-state index contributed by atoms with van der Waals surface area (Å²) in [5, 5.41) is 3.41. The molecular formula is C11H16N2O2. The van der Waals surface area contributed by atoms with Gasteiger partial charge in [-0.05, 0) is 12.5 Å². The lowest BCUT2D eigenvalue weighted by molar-refractivity contribution is -0.127. The number of hydrogen-bond acceptors (Lipinski definition) is 3. The van der Waals surface area contributed by atoms with E-state index in [4.69, 9.17) is 4.42 Å². The Labute approximate surface area is 89.2 Å². The molecule has 0 spiro atoms. The van der Waals surface area contributed by atoms with Crippen LogP contribution in [-0.2, 0) is 11.3 Å². The molecule has 1 aliphatic rings. The van der Waals surface area contributed by atoms with Crippen molar-refractivity contribution in [2.75, 3.05) is 13.1 Å². The first-order valence-corrected chi connectivity index (χ1v) is 5.25. The molecule has 82 valence electrons. The van der Waals surface area contributed by atoms with E-state index in [0.717, 1.165) is 31.6 Å². The zero-order chi connectivity index (χ0) is 10.7. The molecule has 1 atom stereocenters. The highest BCUT2D eigenvalue weighted by Crippen LogP contribution is 2.10. The highest BCUT2D eigenvalue weighted by molar-refractivity contribution is 5.73. The molecule has 4 nitrogen and oxygen atoms in total. The summed E-state index contributed by atoms with van der Waals surface area (Å²) in [4.78, 5) is 13.0. The van der Waals surface area contributed by atoms with E-state index in [2.05, 4.69) is 5.32 Å². The maximum absolute atomic E-state index is 11.1. The summed E-state index contributed by atoms with van der Waals surface area (Å²) in [6, 6.07) is 2.37. The van der Waals surface area contributed by atoms with Gasteiger partial charge in [0, 0.05) is 38.2 Å². The van der Waals surface area contributed by atoms with Crippen LogP contribution in [-0.4, -0.2) is 29.9 Å². The van der Waals surface area contributed by atoms with Crippen molar-refractivity contribution in [2.24, 2.45) is 0 Å². The van der Waals surface area contributed by atoms with Crippen LogP contribution in [0.15, 0.2) is 23.0 Å². The molecule has 1 fully saturated rings. The first kappa shape index (κ1) is 10.2. The van der Waals surface area contributed by atoms with E-state index in [-0.39, 0.29) is 5.91 Å². The Morgan fingerprint density at radius 3 is 3.20 bits per heavy atom. The lowest BCUT2D eigenvalue weighted by Gasteiger charge is -2.14. The molecule has 15 heavy (non-hydrogen) atoms. The zero-order valence-electron chi connectivity index (χ0n) is 8.90. The summed E-state index contributed by atoms with van der Waals surface area (Å²) in [5.74, 6) is 0.169. The molecule has 0 radical (unpaired) electrons. The predicted octanol–water partition coefficient (Wildman–Crippen LogP) is 0.990. The van der Waals surface area contributed by atoms with Crippen molar-refractivity contribution in [1.82, 2.24) is 10.2 Å². The first-order chi connectivity index (χ1) is 7.25. The van der Waals surface area contributed by atoms with Crippen LogP contribution in [0.3, 0.4) is 0 Å². The lowest BCUT2D eigenvalue weighted by Crippen LogP contribution is -2.33. The van der Waals surface area contributed by atoms with E-state index in [0.29, 0.717) is 6.04 Å². The van der Waals surface area contributed by atoms with Gasteiger partial charge in [0.2, 0.25) is 5.91 Å². The van der Waals surface area contributed by atoms with Crippen LogP contribution in [0.4, 0.5) is 0 Å². The molecule has 0 aliphatic carbocycles. The van der Waals surface area contributed by atoms with Gasteiger partial charge in [-0.25, -0.2) is 0 Å². The summed E-state index contributed by atoms with van der Waals surface area (Å²) in [6.07, 6.45) is 4.45.